The number of hydrogen-bond donors (Lipinski definition) is 0. The third kappa shape index (κ3) is 3.26. The fourth-order valence-corrected chi connectivity index (χ4v) is 1.92. The molecule has 2 heterocycles. The van der Waals surface area contributed by atoms with Crippen molar-refractivity contribution in [2.75, 3.05) is 0 Å². The monoisotopic (exact) mass is 309 g/mol. The van der Waals surface area contributed by atoms with Crippen molar-refractivity contribution in [3.05, 3.63) is 57.9 Å². The van der Waals surface area contributed by atoms with E-state index >= 15 is 0 Å². The molecule has 0 unspecified atom stereocenters. The minimum atomic E-state index is -0.254. The van der Waals surface area contributed by atoms with Crippen molar-refractivity contribution in [2.24, 2.45) is 4.99 Å². The Morgan fingerprint density at radius 3 is 2.75 bits per heavy atom. The van der Waals surface area contributed by atoms with Crippen molar-refractivity contribution in [3.63, 3.8) is 0 Å². The molecule has 0 radical (unpaired) electrons. The lowest BCUT2D eigenvalue weighted by molar-refractivity contribution is 0.0954. The summed E-state index contributed by atoms with van der Waals surface area (Å²) in [6, 6.07) is 6.96. The molecule has 6 heteroatoms. The van der Waals surface area contributed by atoms with Gasteiger partial charge in [-0.1, -0.05) is 29.3 Å². The zero-order valence-corrected chi connectivity index (χ0v) is 12.6. The van der Waals surface area contributed by atoms with E-state index in [4.69, 9.17) is 23.2 Å². The van der Waals surface area contributed by atoms with Gasteiger partial charge in [0, 0.05) is 18.4 Å². The molecular weight excluding hydrogens is 297 g/mol. The number of carbonyl (C=O) groups is 1. The molecule has 104 valence electrons. The third-order valence-electron chi connectivity index (χ3n) is 2.49. The quantitative estimate of drug-likeness (QED) is 0.800. The van der Waals surface area contributed by atoms with Crippen LogP contribution in [0.5, 0.6) is 0 Å². The second-order valence-corrected chi connectivity index (χ2v) is 5.22. The van der Waals surface area contributed by atoms with Crippen LogP contribution in [0.1, 0.15) is 24.2 Å². The van der Waals surface area contributed by atoms with E-state index in [1.165, 1.54) is 16.8 Å². The highest BCUT2D eigenvalue weighted by atomic mass is 35.5. The maximum absolute atomic E-state index is 12.5. The zero-order chi connectivity index (χ0) is 14.7. The molecule has 2 rings (SSSR count). The Morgan fingerprint density at radius 2 is 2.10 bits per heavy atom. The van der Waals surface area contributed by atoms with Gasteiger partial charge in [0.05, 0.1) is 10.6 Å². The third-order valence-corrected chi connectivity index (χ3v) is 3.18. The predicted octanol–water partition coefficient (Wildman–Crippen LogP) is 3.19. The number of hydrogen-bond acceptors (Lipinski definition) is 3. The lowest BCUT2D eigenvalue weighted by Crippen LogP contribution is -2.28. The van der Waals surface area contributed by atoms with Gasteiger partial charge in [-0.25, -0.2) is 4.98 Å². The molecule has 0 spiro atoms. The van der Waals surface area contributed by atoms with Crippen molar-refractivity contribution in [1.82, 2.24) is 9.55 Å². The van der Waals surface area contributed by atoms with Gasteiger partial charge in [-0.3, -0.25) is 14.4 Å². The maximum atomic E-state index is 12.5. The van der Waals surface area contributed by atoms with Crippen LogP contribution in [0.25, 0.3) is 0 Å². The van der Waals surface area contributed by atoms with E-state index in [0.29, 0.717) is 11.1 Å². The van der Waals surface area contributed by atoms with Crippen LogP contribution in [0.2, 0.25) is 10.2 Å². The Hall–Kier alpha value is -1.65. The molecular formula is C14H13Cl2N3O. The van der Waals surface area contributed by atoms with Gasteiger partial charge in [0.2, 0.25) is 0 Å². The van der Waals surface area contributed by atoms with Crippen LogP contribution in [0, 0.1) is 0 Å². The number of rotatable bonds is 2. The van der Waals surface area contributed by atoms with E-state index in [9.17, 15) is 4.79 Å². The average Bonchev–Trinajstić information content (AvgIpc) is 2.41. The highest BCUT2D eigenvalue weighted by Gasteiger charge is 2.11. The van der Waals surface area contributed by atoms with Gasteiger partial charge >= 0.3 is 0 Å². The number of carbonyl (C=O) groups excluding carboxylic acids is 1. The molecule has 4 nitrogen and oxygen atoms in total. The summed E-state index contributed by atoms with van der Waals surface area (Å²) in [5.74, 6) is -0.254. The summed E-state index contributed by atoms with van der Waals surface area (Å²) < 4.78 is 1.46. The summed E-state index contributed by atoms with van der Waals surface area (Å²) in [6.45, 7) is 3.89. The molecule has 20 heavy (non-hydrogen) atoms. The standard InChI is InChI=1S/C14H13Cl2N3O/c1-9(2)18-12-5-3-4-6-19(12)14(20)10-7-11(15)13(16)17-8-10/h3-9H,1-2H3. The van der Waals surface area contributed by atoms with Crippen molar-refractivity contribution in [3.8, 4) is 0 Å². The first-order chi connectivity index (χ1) is 9.49. The molecule has 0 amide bonds. The van der Waals surface area contributed by atoms with E-state index in [-0.39, 0.29) is 22.1 Å². The van der Waals surface area contributed by atoms with Crippen LogP contribution in [-0.4, -0.2) is 21.5 Å². The summed E-state index contributed by atoms with van der Waals surface area (Å²) in [5, 5.41) is 0.421. The van der Waals surface area contributed by atoms with Gasteiger partial charge in [-0.2, -0.15) is 0 Å². The molecule has 0 N–H and O–H groups in total. The van der Waals surface area contributed by atoms with Gasteiger partial charge < -0.3 is 0 Å². The first-order valence-electron chi connectivity index (χ1n) is 6.06. The van der Waals surface area contributed by atoms with Crippen LogP contribution >= 0.6 is 23.2 Å². The van der Waals surface area contributed by atoms with Crippen LogP contribution < -0.4 is 5.49 Å². The molecule has 0 bridgehead atoms. The fraction of sp³-hybridized carbons (Fsp3) is 0.214. The van der Waals surface area contributed by atoms with Gasteiger partial charge in [-0.05, 0) is 32.0 Å². The van der Waals surface area contributed by atoms with Crippen LogP contribution in [0.3, 0.4) is 0 Å². The Morgan fingerprint density at radius 1 is 1.35 bits per heavy atom. The largest absolute Gasteiger partial charge is 0.268 e. The highest BCUT2D eigenvalue weighted by Crippen LogP contribution is 2.19. The summed E-state index contributed by atoms with van der Waals surface area (Å²) in [4.78, 5) is 20.8. The van der Waals surface area contributed by atoms with E-state index in [1.807, 2.05) is 19.9 Å². The summed E-state index contributed by atoms with van der Waals surface area (Å²) >= 11 is 11.6. The molecule has 0 saturated carbocycles. The Bertz CT molecular complexity index is 708. The fourth-order valence-electron chi connectivity index (χ4n) is 1.65. The molecule has 0 aliphatic rings. The second-order valence-electron chi connectivity index (χ2n) is 4.45. The SMILES string of the molecule is CC(C)N=c1ccccn1C(=O)c1cnc(Cl)c(Cl)c1. The molecule has 0 fully saturated rings. The van der Waals surface area contributed by atoms with Gasteiger partial charge in [0.15, 0.2) is 0 Å². The number of pyridine rings is 2. The number of halogens is 2. The molecule has 2 aromatic rings. The van der Waals surface area contributed by atoms with Gasteiger partial charge in [0.25, 0.3) is 5.91 Å². The molecule has 0 aromatic carbocycles. The number of nitrogens with zero attached hydrogens (tertiary/aromatic N) is 3. The van der Waals surface area contributed by atoms with Crippen molar-refractivity contribution in [2.45, 2.75) is 19.9 Å². The Labute approximate surface area is 126 Å². The topological polar surface area (TPSA) is 47.2 Å². The lowest BCUT2D eigenvalue weighted by atomic mass is 10.2. The van der Waals surface area contributed by atoms with Crippen LogP contribution in [0.15, 0.2) is 41.7 Å². The minimum absolute atomic E-state index is 0.0865. The van der Waals surface area contributed by atoms with Crippen molar-refractivity contribution in [1.29, 1.82) is 0 Å². The molecule has 0 aliphatic carbocycles. The van der Waals surface area contributed by atoms with Gasteiger partial charge in [0.1, 0.15) is 10.6 Å². The van der Waals surface area contributed by atoms with E-state index < -0.39 is 0 Å². The average molecular weight is 310 g/mol. The minimum Gasteiger partial charge on any atom is -0.268 e. The smallest absolute Gasteiger partial charge is 0.265 e. The van der Waals surface area contributed by atoms with E-state index in [1.54, 1.807) is 18.3 Å². The van der Waals surface area contributed by atoms with E-state index in [0.717, 1.165) is 0 Å². The first-order valence-corrected chi connectivity index (χ1v) is 6.82. The van der Waals surface area contributed by atoms with Crippen LogP contribution in [0.4, 0.5) is 0 Å². The summed E-state index contributed by atoms with van der Waals surface area (Å²) in [6.07, 6.45) is 3.06. The maximum Gasteiger partial charge on any atom is 0.265 e. The van der Waals surface area contributed by atoms with Crippen LogP contribution in [-0.2, 0) is 0 Å². The summed E-state index contributed by atoms with van der Waals surface area (Å²) in [5.41, 5.74) is 0.939. The molecule has 0 atom stereocenters. The zero-order valence-electron chi connectivity index (χ0n) is 11.0. The van der Waals surface area contributed by atoms with Crippen molar-refractivity contribution >= 4 is 29.1 Å². The lowest BCUT2D eigenvalue weighted by Gasteiger charge is -2.07. The number of aromatic nitrogens is 2. The second kappa shape index (κ2) is 6.20. The highest BCUT2D eigenvalue weighted by molar-refractivity contribution is 6.41. The molecule has 2 aromatic heterocycles. The van der Waals surface area contributed by atoms with Gasteiger partial charge in [-0.15, -0.1) is 0 Å². The Balaban J connectivity index is 2.51. The van der Waals surface area contributed by atoms with Crippen molar-refractivity contribution < 1.29 is 4.79 Å². The Kier molecular flexibility index (Phi) is 4.57. The first kappa shape index (κ1) is 14.8. The summed E-state index contributed by atoms with van der Waals surface area (Å²) in [7, 11) is 0. The predicted molar refractivity (Wildman–Crippen MR) is 79.1 cm³/mol. The molecule has 0 saturated heterocycles. The molecule has 0 aliphatic heterocycles. The van der Waals surface area contributed by atoms with E-state index in [2.05, 4.69) is 9.98 Å². The normalized spacial score (nSPS) is 11.9.